The van der Waals surface area contributed by atoms with Crippen molar-refractivity contribution >= 4 is 92.8 Å². The molecule has 2 fully saturated rings. The van der Waals surface area contributed by atoms with E-state index in [0.29, 0.717) is 49.0 Å². The first-order chi connectivity index (χ1) is 36.2. The van der Waals surface area contributed by atoms with Crippen molar-refractivity contribution in [3.05, 3.63) is 61.8 Å². The molecular formula is C53H68BrN9O12S. The molecule has 1 unspecified atom stereocenters. The Labute approximate surface area is 454 Å². The molecule has 7 amide bonds. The number of carbonyl (C=O) groups is 9. The average Bonchev–Trinajstić information content (AvgIpc) is 3.95. The Balaban J connectivity index is 0.994. The highest BCUT2D eigenvalue weighted by atomic mass is 79.9. The van der Waals surface area contributed by atoms with Gasteiger partial charge in [0, 0.05) is 59.2 Å². The number of nitrogens with one attached hydrogen (secondary N) is 4. The lowest BCUT2D eigenvalue weighted by molar-refractivity contribution is -0.191. The summed E-state index contributed by atoms with van der Waals surface area (Å²) in [4.78, 5) is 139. The van der Waals surface area contributed by atoms with Crippen LogP contribution >= 0.6 is 28.6 Å². The molecule has 0 spiro atoms. The topological polar surface area (TPSA) is 310 Å². The number of halogens is 1. The minimum Gasteiger partial charge on any atom is -0.457 e. The number of fused-ring (bicyclic) bond motifs is 5. The molecule has 1 aromatic carbocycles. The number of benzene rings is 1. The summed E-state index contributed by atoms with van der Waals surface area (Å²) in [6, 6.07) is 5.46. The van der Waals surface area contributed by atoms with Gasteiger partial charge >= 0.3 is 18.0 Å². The zero-order valence-electron chi connectivity index (χ0n) is 43.1. The minimum atomic E-state index is -1.94. The van der Waals surface area contributed by atoms with Gasteiger partial charge in [-0.15, -0.1) is 0 Å². The Morgan fingerprint density at radius 1 is 0.974 bits per heavy atom. The summed E-state index contributed by atoms with van der Waals surface area (Å²) < 4.78 is 14.3. The number of esters is 2. The molecule has 23 heteroatoms. The van der Waals surface area contributed by atoms with Crippen LogP contribution in [0.2, 0.25) is 0 Å². The number of thiol groups is 1. The normalized spacial score (nSPS) is 19.7. The number of nitrogens with zero attached hydrogens (tertiary/aromatic N) is 3. The number of aromatic nitrogens is 2. The lowest BCUT2D eigenvalue weighted by Gasteiger charge is -2.39. The van der Waals surface area contributed by atoms with Crippen molar-refractivity contribution in [2.24, 2.45) is 28.7 Å². The molecule has 2 aromatic heterocycles. The van der Waals surface area contributed by atoms with Crippen molar-refractivity contribution < 1.29 is 52.6 Å². The number of rotatable bonds is 24. The van der Waals surface area contributed by atoms with Crippen LogP contribution in [0.4, 0.5) is 4.79 Å². The second-order valence-corrected chi connectivity index (χ2v) is 21.9. The molecule has 3 aromatic rings. The van der Waals surface area contributed by atoms with Gasteiger partial charge in [0.1, 0.15) is 24.6 Å². The molecule has 21 nitrogen and oxygen atoms in total. The van der Waals surface area contributed by atoms with Crippen LogP contribution in [0.5, 0.6) is 0 Å². The second-order valence-electron chi connectivity index (χ2n) is 20.7. The number of ketones is 1. The maximum Gasteiger partial charge on any atom is 0.355 e. The average molecular weight is 1140 g/mol. The number of pyridine rings is 2. The Kier molecular flexibility index (Phi) is 18.8. The number of amides is 7. The number of urea groups is 1. The monoisotopic (exact) mass is 1130 g/mol. The third-order valence-electron chi connectivity index (χ3n) is 15.1. The van der Waals surface area contributed by atoms with Gasteiger partial charge in [-0.2, -0.15) is 12.6 Å². The van der Waals surface area contributed by atoms with Crippen LogP contribution in [-0.4, -0.2) is 111 Å². The van der Waals surface area contributed by atoms with Crippen LogP contribution in [0.3, 0.4) is 0 Å². The van der Waals surface area contributed by atoms with Crippen LogP contribution in [-0.2, 0) is 66.6 Å². The first-order valence-electron chi connectivity index (χ1n) is 26.1. The number of Topliss-reactive ketones (excluding diaryl/α,β-unsaturated/α-hetero) is 1. The van der Waals surface area contributed by atoms with Crippen LogP contribution < -0.4 is 38.3 Å². The lowest BCUT2D eigenvalue weighted by Crippen LogP contribution is -2.56. The SMILES string of the molecule is CC[C@@]1(OC(=O)CC2(CNC(=O)[C@@H](CCCNC(N)=O)NC(=O)[C@@H](NC(=O)CCCCCN3C(=O)CC(C(=O)[C@@H](N)CS)C3=O)C(C)C)CCCCC2)C(=O)OCc2c1cc1n(c2=O)Cc2cc3c(Br)cccc3nc2-1. The molecule has 5 heterocycles. The molecule has 1 saturated carbocycles. The molecule has 7 rings (SSSR count). The highest BCUT2D eigenvalue weighted by Gasteiger charge is 2.51. The van der Waals surface area contributed by atoms with Gasteiger partial charge < -0.3 is 46.8 Å². The number of unbranched alkanes of at least 4 members (excludes halogenated alkanes) is 2. The summed E-state index contributed by atoms with van der Waals surface area (Å²) in [5, 5.41) is 11.9. The van der Waals surface area contributed by atoms with Gasteiger partial charge in [0.15, 0.2) is 5.78 Å². The van der Waals surface area contributed by atoms with E-state index in [-0.39, 0.29) is 93.7 Å². The van der Waals surface area contributed by atoms with E-state index in [1.807, 2.05) is 24.3 Å². The zero-order valence-corrected chi connectivity index (χ0v) is 45.6. The number of primary amides is 1. The van der Waals surface area contributed by atoms with Gasteiger partial charge in [-0.1, -0.05) is 68.5 Å². The number of hydrogen-bond acceptors (Lipinski definition) is 15. The lowest BCUT2D eigenvalue weighted by atomic mass is 9.71. The van der Waals surface area contributed by atoms with Crippen molar-refractivity contribution in [3.63, 3.8) is 0 Å². The van der Waals surface area contributed by atoms with Gasteiger partial charge in [0.25, 0.3) is 5.56 Å². The van der Waals surface area contributed by atoms with Gasteiger partial charge in [0.05, 0.1) is 41.5 Å². The molecular weight excluding hydrogens is 1070 g/mol. The molecule has 8 N–H and O–H groups in total. The van der Waals surface area contributed by atoms with Gasteiger partial charge in [-0.05, 0) is 80.5 Å². The highest BCUT2D eigenvalue weighted by Crippen LogP contribution is 2.44. The van der Waals surface area contributed by atoms with E-state index in [2.05, 4.69) is 49.8 Å². The number of ether oxygens (including phenoxy) is 2. The number of imide groups is 1. The Hall–Kier alpha value is -6.20. The Bertz CT molecular complexity index is 2850. The van der Waals surface area contributed by atoms with E-state index in [4.69, 9.17) is 25.9 Å². The van der Waals surface area contributed by atoms with Crippen molar-refractivity contribution in [2.75, 3.05) is 25.4 Å². The fourth-order valence-electron chi connectivity index (χ4n) is 10.8. The van der Waals surface area contributed by atoms with E-state index < -0.39 is 94.3 Å². The molecule has 410 valence electrons. The smallest absolute Gasteiger partial charge is 0.355 e. The summed E-state index contributed by atoms with van der Waals surface area (Å²) in [7, 11) is 0. The van der Waals surface area contributed by atoms with Crippen LogP contribution in [0.1, 0.15) is 127 Å². The molecule has 0 radical (unpaired) electrons. The van der Waals surface area contributed by atoms with Crippen molar-refractivity contribution in [2.45, 2.75) is 148 Å². The molecule has 1 aliphatic carbocycles. The second kappa shape index (κ2) is 24.9. The highest BCUT2D eigenvalue weighted by molar-refractivity contribution is 9.10. The first-order valence-corrected chi connectivity index (χ1v) is 27.6. The summed E-state index contributed by atoms with van der Waals surface area (Å²) in [5.41, 5.74) is 11.0. The fraction of sp³-hybridized carbons (Fsp3) is 0.566. The van der Waals surface area contributed by atoms with E-state index in [0.717, 1.165) is 39.6 Å². The number of likely N-dealkylation sites (tertiary alicyclic amines) is 1. The number of carbonyl (C=O) groups excluding carboxylic acids is 9. The van der Waals surface area contributed by atoms with Crippen LogP contribution in [0.15, 0.2) is 39.6 Å². The first kappa shape index (κ1) is 57.5. The molecule has 1 saturated heterocycles. The molecule has 3 aliphatic heterocycles. The molecule has 0 bridgehead atoms. The predicted molar refractivity (Wildman–Crippen MR) is 285 cm³/mol. The summed E-state index contributed by atoms with van der Waals surface area (Å²) in [6.07, 6.45) is 4.57. The number of cyclic esters (lactones) is 1. The van der Waals surface area contributed by atoms with Crippen LogP contribution in [0.25, 0.3) is 22.3 Å². The third-order valence-corrected chi connectivity index (χ3v) is 16.2. The predicted octanol–water partition coefficient (Wildman–Crippen LogP) is 3.69. The third kappa shape index (κ3) is 12.6. The molecule has 4 aliphatic rings. The van der Waals surface area contributed by atoms with E-state index in [1.54, 1.807) is 31.4 Å². The van der Waals surface area contributed by atoms with Gasteiger partial charge in [0.2, 0.25) is 35.1 Å². The van der Waals surface area contributed by atoms with Crippen molar-refractivity contribution in [1.29, 1.82) is 0 Å². The summed E-state index contributed by atoms with van der Waals surface area (Å²) in [5.74, 6) is -6.17. The van der Waals surface area contributed by atoms with E-state index in [9.17, 15) is 47.9 Å². The van der Waals surface area contributed by atoms with Gasteiger partial charge in [-0.25, -0.2) is 14.6 Å². The van der Waals surface area contributed by atoms with Crippen LogP contribution in [0, 0.1) is 17.3 Å². The minimum absolute atomic E-state index is 0.0156. The van der Waals surface area contributed by atoms with E-state index >= 15 is 0 Å². The maximum atomic E-state index is 14.4. The summed E-state index contributed by atoms with van der Waals surface area (Å²) >= 11 is 7.61. The summed E-state index contributed by atoms with van der Waals surface area (Å²) in [6.45, 7) is 5.33. The maximum absolute atomic E-state index is 14.4. The quantitative estimate of drug-likeness (QED) is 0.0173. The standard InChI is InChI=1S/C53H68BrN9O12S/c1-4-53(34-23-39-44-30(21-31-35(54)13-11-14-37(31)59-44)25-63(39)49(71)33(34)26-74-50(53)72)75-42(66)24-52(17-8-6-9-18-52)28-58-46(68)38(15-12-19-57-51(56)73)60-47(69)43(29(2)3)61-40(64)16-7-5-10-20-62-41(65)22-32(48(62)70)45(67)36(55)27-76/h11,13-14,21,23,29,32,36,38,43,76H,4-10,12,15-20,22,24-28,55H2,1-3H3,(H,58,68)(H,60,69)(H,61,64)(H3,56,57,73)/t32?,36-,38+,43-,53-/m0/s1. The van der Waals surface area contributed by atoms with Crippen molar-refractivity contribution in [1.82, 2.24) is 35.7 Å². The Morgan fingerprint density at radius 2 is 1.72 bits per heavy atom. The van der Waals surface area contributed by atoms with Gasteiger partial charge in [-0.3, -0.25) is 43.3 Å². The fourth-order valence-corrected chi connectivity index (χ4v) is 11.5. The number of nitrogens with two attached hydrogens (primary N) is 2. The van der Waals surface area contributed by atoms with Crippen molar-refractivity contribution in [3.8, 4) is 11.4 Å². The molecule has 76 heavy (non-hydrogen) atoms. The molecule has 5 atom stereocenters. The zero-order chi connectivity index (χ0) is 55.1. The largest absolute Gasteiger partial charge is 0.457 e. The van der Waals surface area contributed by atoms with E-state index in [1.165, 1.54) is 0 Å². The number of hydrogen-bond donors (Lipinski definition) is 7. The Morgan fingerprint density at radius 3 is 2.42 bits per heavy atom.